The van der Waals surface area contributed by atoms with Gasteiger partial charge in [0.1, 0.15) is 0 Å². The lowest BCUT2D eigenvalue weighted by atomic mass is 10.3. The second-order valence-corrected chi connectivity index (χ2v) is 4.33. The molecule has 0 amide bonds. The van der Waals surface area contributed by atoms with Gasteiger partial charge in [-0.25, -0.2) is 0 Å². The average Bonchev–Trinajstić information content (AvgIpc) is 2.86. The van der Waals surface area contributed by atoms with Gasteiger partial charge < -0.3 is 10.3 Å². The minimum absolute atomic E-state index is 0.622. The Morgan fingerprint density at radius 1 is 1.56 bits per heavy atom. The Bertz CT molecular complexity index is 426. The van der Waals surface area contributed by atoms with E-state index in [1.54, 1.807) is 11.3 Å². The van der Waals surface area contributed by atoms with Crippen LogP contribution in [0.25, 0.3) is 11.4 Å². The first kappa shape index (κ1) is 11.3. The first-order chi connectivity index (χ1) is 7.79. The van der Waals surface area contributed by atoms with Gasteiger partial charge in [-0.05, 0) is 18.5 Å². The van der Waals surface area contributed by atoms with E-state index in [0.717, 1.165) is 12.1 Å². The standard InChI is InChI=1S/C10H14N4OS/c1-14(4-3-11)6-9-12-10(13-15-9)8-2-5-16-7-8/h2,5,7H,3-4,6,11H2,1H3. The van der Waals surface area contributed by atoms with Gasteiger partial charge in [0.05, 0.1) is 6.54 Å². The van der Waals surface area contributed by atoms with E-state index >= 15 is 0 Å². The van der Waals surface area contributed by atoms with Crippen LogP contribution in [0.1, 0.15) is 5.89 Å². The molecule has 2 heterocycles. The summed E-state index contributed by atoms with van der Waals surface area (Å²) in [5.74, 6) is 1.27. The number of aromatic nitrogens is 2. The van der Waals surface area contributed by atoms with Gasteiger partial charge in [0, 0.05) is 24.0 Å². The molecule has 0 aromatic carbocycles. The van der Waals surface area contributed by atoms with E-state index in [-0.39, 0.29) is 0 Å². The van der Waals surface area contributed by atoms with E-state index in [2.05, 4.69) is 10.1 Å². The third kappa shape index (κ3) is 2.66. The van der Waals surface area contributed by atoms with Crippen molar-refractivity contribution in [2.24, 2.45) is 5.73 Å². The first-order valence-corrected chi connectivity index (χ1v) is 5.97. The molecule has 5 nitrogen and oxygen atoms in total. The van der Waals surface area contributed by atoms with E-state index < -0.39 is 0 Å². The van der Waals surface area contributed by atoms with Crippen LogP contribution < -0.4 is 5.73 Å². The van der Waals surface area contributed by atoms with Crippen LogP contribution in [-0.2, 0) is 6.54 Å². The zero-order valence-electron chi connectivity index (χ0n) is 9.09. The second-order valence-electron chi connectivity index (χ2n) is 3.55. The summed E-state index contributed by atoms with van der Waals surface area (Å²) in [6.07, 6.45) is 0. The third-order valence-electron chi connectivity index (χ3n) is 2.16. The van der Waals surface area contributed by atoms with Gasteiger partial charge in [-0.1, -0.05) is 5.16 Å². The summed E-state index contributed by atoms with van der Waals surface area (Å²) in [6.45, 7) is 2.08. The Morgan fingerprint density at radius 2 is 2.44 bits per heavy atom. The highest BCUT2D eigenvalue weighted by atomic mass is 32.1. The van der Waals surface area contributed by atoms with Crippen molar-refractivity contribution < 1.29 is 4.52 Å². The Balaban J connectivity index is 2.03. The Morgan fingerprint density at radius 3 is 3.12 bits per heavy atom. The van der Waals surface area contributed by atoms with E-state index in [4.69, 9.17) is 10.3 Å². The van der Waals surface area contributed by atoms with Crippen LogP contribution in [0, 0.1) is 0 Å². The van der Waals surface area contributed by atoms with Crippen LogP contribution >= 0.6 is 11.3 Å². The van der Waals surface area contributed by atoms with Crippen LogP contribution in [0.4, 0.5) is 0 Å². The SMILES string of the molecule is CN(CCN)Cc1nc(-c2ccsc2)no1. The largest absolute Gasteiger partial charge is 0.338 e. The number of nitrogens with zero attached hydrogens (tertiary/aromatic N) is 3. The predicted molar refractivity (Wildman–Crippen MR) is 63.0 cm³/mol. The molecule has 0 unspecified atom stereocenters. The molecule has 86 valence electrons. The molecule has 2 N–H and O–H groups in total. The van der Waals surface area contributed by atoms with Crippen LogP contribution in [0.15, 0.2) is 21.3 Å². The number of likely N-dealkylation sites (N-methyl/N-ethyl adjacent to an activating group) is 1. The highest BCUT2D eigenvalue weighted by Gasteiger charge is 2.10. The lowest BCUT2D eigenvalue weighted by Gasteiger charge is -2.11. The van der Waals surface area contributed by atoms with Crippen molar-refractivity contribution in [1.82, 2.24) is 15.0 Å². The van der Waals surface area contributed by atoms with Gasteiger partial charge in [0.15, 0.2) is 0 Å². The van der Waals surface area contributed by atoms with E-state index in [9.17, 15) is 0 Å². The third-order valence-corrected chi connectivity index (χ3v) is 2.85. The predicted octanol–water partition coefficient (Wildman–Crippen LogP) is 1.19. The Kier molecular flexibility index (Phi) is 3.66. The maximum atomic E-state index is 5.46. The number of rotatable bonds is 5. The van der Waals surface area contributed by atoms with E-state index in [0.29, 0.717) is 24.8 Å². The Labute approximate surface area is 97.9 Å². The molecule has 2 aromatic rings. The summed E-state index contributed by atoms with van der Waals surface area (Å²) in [6, 6.07) is 1.98. The molecule has 0 aliphatic carbocycles. The normalized spacial score (nSPS) is 11.2. The summed E-state index contributed by atoms with van der Waals surface area (Å²) in [7, 11) is 1.97. The molecule has 16 heavy (non-hydrogen) atoms. The van der Waals surface area contributed by atoms with Crippen molar-refractivity contribution in [3.8, 4) is 11.4 Å². The average molecular weight is 238 g/mol. The van der Waals surface area contributed by atoms with E-state index in [1.165, 1.54) is 0 Å². The lowest BCUT2D eigenvalue weighted by molar-refractivity contribution is 0.272. The fourth-order valence-electron chi connectivity index (χ4n) is 1.36. The van der Waals surface area contributed by atoms with Crippen molar-refractivity contribution in [1.29, 1.82) is 0 Å². The molecular weight excluding hydrogens is 224 g/mol. The zero-order chi connectivity index (χ0) is 11.4. The van der Waals surface area contributed by atoms with Gasteiger partial charge in [-0.2, -0.15) is 16.3 Å². The van der Waals surface area contributed by atoms with Gasteiger partial charge in [0.2, 0.25) is 11.7 Å². The minimum Gasteiger partial charge on any atom is -0.338 e. The molecule has 0 atom stereocenters. The first-order valence-electron chi connectivity index (χ1n) is 5.03. The van der Waals surface area contributed by atoms with Crippen molar-refractivity contribution in [3.63, 3.8) is 0 Å². The van der Waals surface area contributed by atoms with Gasteiger partial charge in [-0.3, -0.25) is 4.90 Å². The van der Waals surface area contributed by atoms with Crippen LogP contribution in [0.2, 0.25) is 0 Å². The van der Waals surface area contributed by atoms with Crippen molar-refractivity contribution >= 4 is 11.3 Å². The fraction of sp³-hybridized carbons (Fsp3) is 0.400. The molecule has 2 aromatic heterocycles. The fourth-order valence-corrected chi connectivity index (χ4v) is 1.99. The molecule has 0 aliphatic heterocycles. The van der Waals surface area contributed by atoms with E-state index in [1.807, 2.05) is 28.8 Å². The molecule has 0 radical (unpaired) electrons. The number of nitrogens with two attached hydrogens (primary N) is 1. The minimum atomic E-state index is 0.622. The van der Waals surface area contributed by atoms with Gasteiger partial charge >= 0.3 is 0 Å². The lowest BCUT2D eigenvalue weighted by Crippen LogP contribution is -2.25. The molecule has 0 spiro atoms. The van der Waals surface area contributed by atoms with Crippen molar-refractivity contribution in [2.45, 2.75) is 6.54 Å². The molecule has 0 fully saturated rings. The van der Waals surface area contributed by atoms with Crippen molar-refractivity contribution in [3.05, 3.63) is 22.7 Å². The van der Waals surface area contributed by atoms with Crippen LogP contribution in [0.3, 0.4) is 0 Å². The summed E-state index contributed by atoms with van der Waals surface area (Å²) in [4.78, 5) is 6.37. The van der Waals surface area contributed by atoms with Crippen molar-refractivity contribution in [2.75, 3.05) is 20.1 Å². The molecule has 0 saturated heterocycles. The number of thiophene rings is 1. The number of hydrogen-bond acceptors (Lipinski definition) is 6. The smallest absolute Gasteiger partial charge is 0.241 e. The topological polar surface area (TPSA) is 68.2 Å². The molecule has 2 rings (SSSR count). The molecular formula is C10H14N4OS. The van der Waals surface area contributed by atoms with Crippen LogP contribution in [-0.4, -0.2) is 35.2 Å². The molecule has 0 bridgehead atoms. The quantitative estimate of drug-likeness (QED) is 0.847. The highest BCUT2D eigenvalue weighted by Crippen LogP contribution is 2.18. The van der Waals surface area contributed by atoms with Gasteiger partial charge in [0.25, 0.3) is 0 Å². The zero-order valence-corrected chi connectivity index (χ0v) is 9.91. The number of hydrogen-bond donors (Lipinski definition) is 1. The molecule has 0 saturated carbocycles. The summed E-state index contributed by atoms with van der Waals surface area (Å²) >= 11 is 1.62. The molecule has 6 heteroatoms. The highest BCUT2D eigenvalue weighted by molar-refractivity contribution is 7.08. The summed E-state index contributed by atoms with van der Waals surface area (Å²) in [5.41, 5.74) is 6.46. The van der Waals surface area contributed by atoms with Crippen LogP contribution in [0.5, 0.6) is 0 Å². The second kappa shape index (κ2) is 5.20. The maximum absolute atomic E-state index is 5.46. The van der Waals surface area contributed by atoms with Gasteiger partial charge in [-0.15, -0.1) is 0 Å². The summed E-state index contributed by atoms with van der Waals surface area (Å²) < 4.78 is 5.17. The molecule has 0 aliphatic rings. The monoisotopic (exact) mass is 238 g/mol. The Hall–Kier alpha value is -1.24. The summed E-state index contributed by atoms with van der Waals surface area (Å²) in [5, 5.41) is 7.92. The maximum Gasteiger partial charge on any atom is 0.241 e.